The number of aromatic nitrogens is 2. The molecule has 0 saturated heterocycles. The normalized spacial score (nSPS) is 13.2. The van der Waals surface area contributed by atoms with Gasteiger partial charge in [0.15, 0.2) is 0 Å². The number of nitrogens with two attached hydrogens (primary N) is 1. The number of imidazole rings is 1. The van der Waals surface area contributed by atoms with Crippen molar-refractivity contribution in [3.63, 3.8) is 0 Å². The average molecular weight is 219 g/mol. The molecule has 1 unspecified atom stereocenters. The zero-order valence-corrected chi connectivity index (χ0v) is 9.66. The summed E-state index contributed by atoms with van der Waals surface area (Å²) in [4.78, 5) is 14.2. The zero-order valence-electron chi connectivity index (χ0n) is 9.66. The second-order valence-electron chi connectivity index (χ2n) is 4.39. The summed E-state index contributed by atoms with van der Waals surface area (Å²) in [7, 11) is 1.78. The molecule has 2 aromatic rings. The van der Waals surface area contributed by atoms with Gasteiger partial charge in [0, 0.05) is 7.05 Å². The van der Waals surface area contributed by atoms with Gasteiger partial charge >= 0.3 is 5.69 Å². The number of benzene rings is 1. The molecule has 3 N–H and O–H groups in total. The first-order valence-corrected chi connectivity index (χ1v) is 5.49. The average Bonchev–Trinajstić information content (AvgIpc) is 2.55. The second-order valence-corrected chi connectivity index (χ2v) is 4.39. The highest BCUT2D eigenvalue weighted by Crippen LogP contribution is 2.14. The minimum Gasteiger partial charge on any atom is -0.330 e. The molecule has 0 aliphatic heterocycles. The van der Waals surface area contributed by atoms with E-state index in [1.54, 1.807) is 11.6 Å². The summed E-state index contributed by atoms with van der Waals surface area (Å²) in [6, 6.07) is 6.05. The van der Waals surface area contributed by atoms with Crippen LogP contribution in [0.15, 0.2) is 23.0 Å². The van der Waals surface area contributed by atoms with Crippen molar-refractivity contribution in [3.8, 4) is 0 Å². The minimum absolute atomic E-state index is 0.0703. The fourth-order valence-corrected chi connectivity index (χ4v) is 1.88. The van der Waals surface area contributed by atoms with Crippen LogP contribution in [0.2, 0.25) is 0 Å². The van der Waals surface area contributed by atoms with E-state index >= 15 is 0 Å². The summed E-state index contributed by atoms with van der Waals surface area (Å²) >= 11 is 0. The molecule has 2 rings (SSSR count). The largest absolute Gasteiger partial charge is 0.330 e. The van der Waals surface area contributed by atoms with E-state index in [1.807, 2.05) is 12.1 Å². The van der Waals surface area contributed by atoms with Gasteiger partial charge in [0.2, 0.25) is 0 Å². The molecule has 0 saturated carbocycles. The topological polar surface area (TPSA) is 63.8 Å². The van der Waals surface area contributed by atoms with Crippen molar-refractivity contribution in [2.45, 2.75) is 13.3 Å². The lowest BCUT2D eigenvalue weighted by Gasteiger charge is -2.08. The third-order valence-electron chi connectivity index (χ3n) is 2.96. The van der Waals surface area contributed by atoms with Crippen molar-refractivity contribution in [2.75, 3.05) is 6.54 Å². The Hall–Kier alpha value is -1.55. The molecule has 4 nitrogen and oxygen atoms in total. The predicted octanol–water partition coefficient (Wildman–Crippen LogP) is 1.00. The van der Waals surface area contributed by atoms with E-state index in [0.717, 1.165) is 17.5 Å². The Kier molecular flexibility index (Phi) is 2.83. The standard InChI is InChI=1S/C12H17N3O/c1-8(7-13)5-9-3-4-10-11(6-9)15(2)12(16)14-10/h3-4,6,8H,5,7,13H2,1-2H3,(H,14,16). The van der Waals surface area contributed by atoms with Crippen LogP contribution in [0.5, 0.6) is 0 Å². The number of aryl methyl sites for hydroxylation is 1. The van der Waals surface area contributed by atoms with Crippen LogP contribution in [-0.2, 0) is 13.5 Å². The third kappa shape index (κ3) is 1.88. The Balaban J connectivity index is 2.43. The zero-order chi connectivity index (χ0) is 11.7. The van der Waals surface area contributed by atoms with Crippen LogP contribution in [-0.4, -0.2) is 16.1 Å². The Morgan fingerprint density at radius 3 is 2.94 bits per heavy atom. The number of hydrogen-bond donors (Lipinski definition) is 2. The van der Waals surface area contributed by atoms with Gasteiger partial charge in [0.1, 0.15) is 0 Å². The van der Waals surface area contributed by atoms with Gasteiger partial charge in [0.25, 0.3) is 0 Å². The molecule has 0 amide bonds. The van der Waals surface area contributed by atoms with E-state index < -0.39 is 0 Å². The molecular weight excluding hydrogens is 202 g/mol. The van der Waals surface area contributed by atoms with Crippen molar-refractivity contribution in [3.05, 3.63) is 34.2 Å². The maximum Gasteiger partial charge on any atom is 0.326 e. The Morgan fingerprint density at radius 1 is 1.50 bits per heavy atom. The van der Waals surface area contributed by atoms with Crippen molar-refractivity contribution < 1.29 is 0 Å². The van der Waals surface area contributed by atoms with Crippen LogP contribution in [0.25, 0.3) is 11.0 Å². The number of fused-ring (bicyclic) bond motifs is 1. The van der Waals surface area contributed by atoms with Gasteiger partial charge in [-0.2, -0.15) is 0 Å². The molecule has 0 bridgehead atoms. The summed E-state index contributed by atoms with van der Waals surface area (Å²) in [5, 5.41) is 0. The quantitative estimate of drug-likeness (QED) is 0.809. The van der Waals surface area contributed by atoms with Crippen molar-refractivity contribution in [1.29, 1.82) is 0 Å². The number of H-pyrrole nitrogens is 1. The number of rotatable bonds is 3. The van der Waals surface area contributed by atoms with Gasteiger partial charge in [-0.3, -0.25) is 4.57 Å². The second kappa shape index (κ2) is 4.14. The number of nitrogens with one attached hydrogen (secondary N) is 1. The molecule has 1 aromatic heterocycles. The van der Waals surface area contributed by atoms with E-state index in [9.17, 15) is 4.79 Å². The molecule has 0 radical (unpaired) electrons. The highest BCUT2D eigenvalue weighted by molar-refractivity contribution is 5.75. The molecular formula is C12H17N3O. The van der Waals surface area contributed by atoms with Gasteiger partial charge in [0.05, 0.1) is 11.0 Å². The van der Waals surface area contributed by atoms with Crippen LogP contribution in [0.3, 0.4) is 0 Å². The van der Waals surface area contributed by atoms with Crippen LogP contribution in [0.1, 0.15) is 12.5 Å². The minimum atomic E-state index is -0.0703. The fraction of sp³-hybridized carbons (Fsp3) is 0.417. The molecule has 4 heteroatoms. The van der Waals surface area contributed by atoms with Gasteiger partial charge in [-0.15, -0.1) is 0 Å². The highest BCUT2D eigenvalue weighted by Gasteiger charge is 2.06. The lowest BCUT2D eigenvalue weighted by atomic mass is 10.0. The smallest absolute Gasteiger partial charge is 0.326 e. The van der Waals surface area contributed by atoms with E-state index in [4.69, 9.17) is 5.73 Å². The maximum atomic E-state index is 11.4. The Bertz CT molecular complexity index is 553. The molecule has 1 heterocycles. The Morgan fingerprint density at radius 2 is 2.25 bits per heavy atom. The van der Waals surface area contributed by atoms with E-state index in [0.29, 0.717) is 12.5 Å². The first-order valence-electron chi connectivity index (χ1n) is 5.49. The lowest BCUT2D eigenvalue weighted by molar-refractivity contribution is 0.593. The van der Waals surface area contributed by atoms with Crippen molar-refractivity contribution >= 4 is 11.0 Å². The van der Waals surface area contributed by atoms with E-state index in [1.165, 1.54) is 5.56 Å². The number of aromatic amines is 1. The summed E-state index contributed by atoms with van der Waals surface area (Å²) in [6.45, 7) is 2.81. The summed E-state index contributed by atoms with van der Waals surface area (Å²) in [5.41, 5.74) is 8.59. The van der Waals surface area contributed by atoms with Gasteiger partial charge in [-0.25, -0.2) is 4.79 Å². The summed E-state index contributed by atoms with van der Waals surface area (Å²) < 4.78 is 1.63. The van der Waals surface area contributed by atoms with Crippen LogP contribution in [0.4, 0.5) is 0 Å². The third-order valence-corrected chi connectivity index (χ3v) is 2.96. The monoisotopic (exact) mass is 219 g/mol. The van der Waals surface area contributed by atoms with Gasteiger partial charge in [-0.1, -0.05) is 13.0 Å². The summed E-state index contributed by atoms with van der Waals surface area (Å²) in [5.74, 6) is 0.466. The van der Waals surface area contributed by atoms with E-state index in [2.05, 4.69) is 18.0 Å². The Labute approximate surface area is 94.1 Å². The molecule has 1 aromatic carbocycles. The molecule has 0 aliphatic rings. The number of hydrogen-bond acceptors (Lipinski definition) is 2. The van der Waals surface area contributed by atoms with Crippen LogP contribution < -0.4 is 11.4 Å². The molecule has 86 valence electrons. The number of nitrogens with zero attached hydrogens (tertiary/aromatic N) is 1. The molecule has 16 heavy (non-hydrogen) atoms. The molecule has 0 fully saturated rings. The highest BCUT2D eigenvalue weighted by atomic mass is 16.1. The lowest BCUT2D eigenvalue weighted by Crippen LogP contribution is -2.13. The molecule has 0 aliphatic carbocycles. The van der Waals surface area contributed by atoms with Crippen LogP contribution >= 0.6 is 0 Å². The molecule has 1 atom stereocenters. The fourth-order valence-electron chi connectivity index (χ4n) is 1.88. The van der Waals surface area contributed by atoms with Crippen molar-refractivity contribution in [2.24, 2.45) is 18.7 Å². The van der Waals surface area contributed by atoms with Crippen molar-refractivity contribution in [1.82, 2.24) is 9.55 Å². The first kappa shape index (κ1) is 11.0. The maximum absolute atomic E-state index is 11.4. The SMILES string of the molecule is CC(CN)Cc1ccc2[nH]c(=O)n(C)c2c1. The van der Waals surface area contributed by atoms with Crippen LogP contribution in [0, 0.1) is 5.92 Å². The summed E-state index contributed by atoms with van der Waals surface area (Å²) in [6.07, 6.45) is 0.950. The predicted molar refractivity (Wildman–Crippen MR) is 65.5 cm³/mol. The van der Waals surface area contributed by atoms with Gasteiger partial charge < -0.3 is 10.7 Å². The van der Waals surface area contributed by atoms with E-state index in [-0.39, 0.29) is 5.69 Å². The first-order chi connectivity index (χ1) is 7.61. The van der Waals surface area contributed by atoms with Gasteiger partial charge in [-0.05, 0) is 36.6 Å². The molecule has 0 spiro atoms.